The lowest BCUT2D eigenvalue weighted by Gasteiger charge is -2.26. The number of fused-ring (bicyclic) bond motifs is 2. The van der Waals surface area contributed by atoms with Crippen LogP contribution in [-0.2, 0) is 11.3 Å². The molecule has 3 N–H and O–H groups in total. The van der Waals surface area contributed by atoms with Crippen LogP contribution >= 0.6 is 0 Å². The number of carbonyl (C=O) groups is 3. The van der Waals surface area contributed by atoms with Gasteiger partial charge in [0.05, 0.1) is 25.4 Å². The molecule has 4 amide bonds. The summed E-state index contributed by atoms with van der Waals surface area (Å²) < 4.78 is 5.20. The van der Waals surface area contributed by atoms with Gasteiger partial charge in [0.2, 0.25) is 5.54 Å². The minimum absolute atomic E-state index is 0.0820. The summed E-state index contributed by atoms with van der Waals surface area (Å²) in [4.78, 5) is 39.1. The number of urea groups is 1. The number of imide groups is 1. The van der Waals surface area contributed by atoms with E-state index in [0.29, 0.717) is 23.4 Å². The van der Waals surface area contributed by atoms with Crippen LogP contribution in [0.15, 0.2) is 42.6 Å². The molecule has 1 fully saturated rings. The Morgan fingerprint density at radius 1 is 1.19 bits per heavy atom. The van der Waals surface area contributed by atoms with Crippen molar-refractivity contribution in [2.45, 2.75) is 12.1 Å². The highest BCUT2D eigenvalue weighted by molar-refractivity contribution is 6.10. The zero-order valence-electron chi connectivity index (χ0n) is 16.5. The molecule has 0 unspecified atom stereocenters. The van der Waals surface area contributed by atoms with Gasteiger partial charge < -0.3 is 15.0 Å². The predicted molar refractivity (Wildman–Crippen MR) is 110 cm³/mol. The standard InChI is InChI=1S/C22H17N5O4/c1-31-16-4-3-14-11-27(19(28)17(14)9-16)12-22(20(29)24-21(30)25-22)7-6-13-2-5-18-15(8-13)10-23-26-18/h2-5,8-10H,11-12H2,1H3,(H,23,26)(H2,24,25,29,30)/t22-/m1/s1. The Balaban J connectivity index is 1.47. The SMILES string of the molecule is COc1ccc2c(c1)C(=O)N(C[C@@]1(C#Cc3ccc4[nH]ncc4c3)NC(=O)NC1=O)C2. The number of rotatable bonds is 3. The fourth-order valence-corrected chi connectivity index (χ4v) is 3.81. The number of aromatic amines is 1. The number of nitrogens with one attached hydrogen (secondary N) is 3. The van der Waals surface area contributed by atoms with E-state index < -0.39 is 17.5 Å². The van der Waals surface area contributed by atoms with Gasteiger partial charge in [-0.3, -0.25) is 20.0 Å². The average molecular weight is 415 g/mol. The van der Waals surface area contributed by atoms with Crippen LogP contribution in [0.25, 0.3) is 10.9 Å². The van der Waals surface area contributed by atoms with Gasteiger partial charge in [-0.2, -0.15) is 5.10 Å². The molecule has 1 aromatic heterocycles. The van der Waals surface area contributed by atoms with Crippen molar-refractivity contribution in [3.05, 3.63) is 59.3 Å². The third kappa shape index (κ3) is 3.14. The second kappa shape index (κ2) is 6.88. The number of aromatic nitrogens is 2. The molecule has 0 saturated carbocycles. The molecular formula is C22H17N5O4. The quantitative estimate of drug-likeness (QED) is 0.438. The Labute approximate surface area is 176 Å². The summed E-state index contributed by atoms with van der Waals surface area (Å²) in [5.41, 5.74) is 1.30. The summed E-state index contributed by atoms with van der Waals surface area (Å²) in [7, 11) is 1.53. The minimum Gasteiger partial charge on any atom is -0.497 e. The molecule has 31 heavy (non-hydrogen) atoms. The van der Waals surface area contributed by atoms with E-state index in [1.165, 1.54) is 12.0 Å². The van der Waals surface area contributed by atoms with Gasteiger partial charge in [0, 0.05) is 23.1 Å². The van der Waals surface area contributed by atoms with Crippen LogP contribution in [0.3, 0.4) is 0 Å². The van der Waals surface area contributed by atoms with Gasteiger partial charge in [-0.1, -0.05) is 17.9 Å². The van der Waals surface area contributed by atoms with E-state index in [-0.39, 0.29) is 12.5 Å². The number of carbonyl (C=O) groups excluding carboxylic acids is 3. The van der Waals surface area contributed by atoms with Crippen molar-refractivity contribution in [3.63, 3.8) is 0 Å². The fraction of sp³-hybridized carbons (Fsp3) is 0.182. The van der Waals surface area contributed by atoms with E-state index in [4.69, 9.17) is 4.74 Å². The first-order valence-corrected chi connectivity index (χ1v) is 9.53. The molecule has 9 heteroatoms. The minimum atomic E-state index is -1.55. The molecule has 2 aliphatic rings. The zero-order chi connectivity index (χ0) is 21.6. The number of ether oxygens (including phenoxy) is 1. The van der Waals surface area contributed by atoms with Crippen LogP contribution in [0.1, 0.15) is 21.5 Å². The summed E-state index contributed by atoms with van der Waals surface area (Å²) >= 11 is 0. The van der Waals surface area contributed by atoms with Crippen LogP contribution in [0.2, 0.25) is 0 Å². The van der Waals surface area contributed by atoms with E-state index in [9.17, 15) is 14.4 Å². The van der Waals surface area contributed by atoms with E-state index in [1.54, 1.807) is 24.4 Å². The van der Waals surface area contributed by atoms with Crippen molar-refractivity contribution in [1.82, 2.24) is 25.7 Å². The molecule has 2 aliphatic heterocycles. The summed E-state index contributed by atoms with van der Waals surface area (Å²) in [6.07, 6.45) is 1.68. The Hall–Kier alpha value is -4.32. The van der Waals surface area contributed by atoms with Crippen LogP contribution in [-0.4, -0.2) is 52.1 Å². The van der Waals surface area contributed by atoms with E-state index in [2.05, 4.69) is 32.7 Å². The van der Waals surface area contributed by atoms with Crippen LogP contribution < -0.4 is 15.4 Å². The van der Waals surface area contributed by atoms with Crippen LogP contribution in [0.5, 0.6) is 5.75 Å². The molecule has 0 spiro atoms. The Morgan fingerprint density at radius 2 is 2.06 bits per heavy atom. The van der Waals surface area contributed by atoms with Crippen molar-refractivity contribution >= 4 is 28.7 Å². The molecule has 0 bridgehead atoms. The molecule has 154 valence electrons. The first-order valence-electron chi connectivity index (χ1n) is 9.53. The third-order valence-electron chi connectivity index (χ3n) is 5.43. The Morgan fingerprint density at radius 3 is 2.84 bits per heavy atom. The topological polar surface area (TPSA) is 116 Å². The van der Waals surface area contributed by atoms with Gasteiger partial charge in [-0.15, -0.1) is 0 Å². The summed E-state index contributed by atoms with van der Waals surface area (Å²) in [6, 6.07) is 10.1. The summed E-state index contributed by atoms with van der Waals surface area (Å²) in [6.45, 7) is 0.229. The molecule has 3 aromatic rings. The first-order chi connectivity index (χ1) is 15.0. The molecule has 2 aromatic carbocycles. The number of H-pyrrole nitrogens is 1. The maximum absolute atomic E-state index is 12.9. The fourth-order valence-electron chi connectivity index (χ4n) is 3.81. The van der Waals surface area contributed by atoms with Crippen molar-refractivity contribution in [1.29, 1.82) is 0 Å². The molecule has 0 radical (unpaired) electrons. The van der Waals surface area contributed by atoms with Crippen molar-refractivity contribution < 1.29 is 19.1 Å². The monoisotopic (exact) mass is 415 g/mol. The first kappa shape index (κ1) is 18.7. The predicted octanol–water partition coefficient (Wildman–Crippen LogP) is 1.16. The Bertz CT molecular complexity index is 1320. The smallest absolute Gasteiger partial charge is 0.323 e. The maximum atomic E-state index is 12.9. The van der Waals surface area contributed by atoms with Crippen LogP contribution in [0, 0.1) is 11.8 Å². The summed E-state index contributed by atoms with van der Waals surface area (Å²) in [5, 5.41) is 12.6. The zero-order valence-corrected chi connectivity index (χ0v) is 16.5. The van der Waals surface area contributed by atoms with Crippen molar-refractivity contribution in [3.8, 4) is 17.6 Å². The molecule has 3 heterocycles. The number of hydrogen-bond acceptors (Lipinski definition) is 5. The van der Waals surface area contributed by atoms with Gasteiger partial charge in [0.25, 0.3) is 11.8 Å². The second-order valence-corrected chi connectivity index (χ2v) is 7.42. The van der Waals surface area contributed by atoms with Gasteiger partial charge in [0.15, 0.2) is 0 Å². The van der Waals surface area contributed by atoms with Gasteiger partial charge >= 0.3 is 6.03 Å². The van der Waals surface area contributed by atoms with Crippen molar-refractivity contribution in [2.75, 3.05) is 13.7 Å². The van der Waals surface area contributed by atoms with Crippen LogP contribution in [0.4, 0.5) is 4.79 Å². The van der Waals surface area contributed by atoms with E-state index >= 15 is 0 Å². The second-order valence-electron chi connectivity index (χ2n) is 7.42. The van der Waals surface area contributed by atoms with E-state index in [1.807, 2.05) is 18.2 Å². The third-order valence-corrected chi connectivity index (χ3v) is 5.43. The van der Waals surface area contributed by atoms with Crippen molar-refractivity contribution in [2.24, 2.45) is 0 Å². The Kier molecular flexibility index (Phi) is 4.15. The number of hydrogen-bond donors (Lipinski definition) is 3. The van der Waals surface area contributed by atoms with Gasteiger partial charge in [0.1, 0.15) is 5.75 Å². The highest BCUT2D eigenvalue weighted by Gasteiger charge is 2.48. The average Bonchev–Trinajstić information content (AvgIpc) is 3.43. The molecule has 9 nitrogen and oxygen atoms in total. The molecule has 1 saturated heterocycles. The van der Waals surface area contributed by atoms with Gasteiger partial charge in [-0.05, 0) is 35.9 Å². The molecular weight excluding hydrogens is 398 g/mol. The largest absolute Gasteiger partial charge is 0.497 e. The maximum Gasteiger partial charge on any atom is 0.323 e. The number of amides is 4. The van der Waals surface area contributed by atoms with Gasteiger partial charge in [-0.25, -0.2) is 4.79 Å². The summed E-state index contributed by atoms with van der Waals surface area (Å²) in [5.74, 6) is 5.61. The number of benzene rings is 2. The molecule has 5 rings (SSSR count). The molecule has 1 atom stereocenters. The lowest BCUT2D eigenvalue weighted by molar-refractivity contribution is -0.122. The van der Waals surface area contributed by atoms with E-state index in [0.717, 1.165) is 16.5 Å². The number of nitrogens with zero attached hydrogens (tertiary/aromatic N) is 2. The highest BCUT2D eigenvalue weighted by Crippen LogP contribution is 2.28. The lowest BCUT2D eigenvalue weighted by atomic mass is 9.99. The molecule has 0 aliphatic carbocycles. The normalized spacial score (nSPS) is 19.6. The number of methoxy groups -OCH3 is 1. The lowest BCUT2D eigenvalue weighted by Crippen LogP contribution is -2.54. The highest BCUT2D eigenvalue weighted by atomic mass is 16.5.